The van der Waals surface area contributed by atoms with Gasteiger partial charge in [-0.1, -0.05) is 29.4 Å². The van der Waals surface area contributed by atoms with Crippen LogP contribution in [0, 0.1) is 5.82 Å². The number of amidine groups is 1. The lowest BCUT2D eigenvalue weighted by molar-refractivity contribution is 0.435. The van der Waals surface area contributed by atoms with Gasteiger partial charge in [0.05, 0.1) is 6.54 Å². The van der Waals surface area contributed by atoms with E-state index in [1.165, 1.54) is 12.1 Å². The van der Waals surface area contributed by atoms with Crippen molar-refractivity contribution in [1.82, 2.24) is 10.5 Å². The van der Waals surface area contributed by atoms with E-state index in [-0.39, 0.29) is 5.82 Å². The second kappa shape index (κ2) is 5.68. The van der Waals surface area contributed by atoms with E-state index in [1.807, 2.05) is 30.3 Å². The summed E-state index contributed by atoms with van der Waals surface area (Å²) in [6, 6.07) is 16.0. The van der Waals surface area contributed by atoms with Crippen LogP contribution in [0.2, 0.25) is 0 Å². The van der Waals surface area contributed by atoms with E-state index in [9.17, 15) is 4.39 Å². The Hall–Kier alpha value is -2.95. The van der Waals surface area contributed by atoms with Gasteiger partial charge in [-0.05, 0) is 24.3 Å². The van der Waals surface area contributed by atoms with Crippen LogP contribution in [0.25, 0.3) is 22.6 Å². The van der Waals surface area contributed by atoms with Gasteiger partial charge in [-0.2, -0.15) is 0 Å². The minimum atomic E-state index is -0.271. The Balaban J connectivity index is 1.60. The summed E-state index contributed by atoms with van der Waals surface area (Å²) in [5.74, 6) is 1.28. The number of rotatable bonds is 3. The van der Waals surface area contributed by atoms with Crippen molar-refractivity contribution in [3.05, 3.63) is 66.0 Å². The van der Waals surface area contributed by atoms with Gasteiger partial charge in [0.1, 0.15) is 17.3 Å². The van der Waals surface area contributed by atoms with E-state index in [2.05, 4.69) is 15.5 Å². The van der Waals surface area contributed by atoms with E-state index < -0.39 is 0 Å². The number of nitrogens with one attached hydrogen (secondary N) is 1. The maximum atomic E-state index is 13.0. The molecule has 0 bridgehead atoms. The third-order valence-corrected chi connectivity index (χ3v) is 3.77. The normalized spacial score (nSPS) is 13.7. The number of nitrogens with zero attached hydrogens (tertiary/aromatic N) is 2. The molecule has 4 nitrogen and oxygen atoms in total. The van der Waals surface area contributed by atoms with E-state index in [4.69, 9.17) is 4.52 Å². The summed E-state index contributed by atoms with van der Waals surface area (Å²) >= 11 is 0. The summed E-state index contributed by atoms with van der Waals surface area (Å²) < 4.78 is 18.3. The summed E-state index contributed by atoms with van der Waals surface area (Å²) in [6.45, 7) is 1.71. The van der Waals surface area contributed by atoms with Crippen LogP contribution in [0.1, 0.15) is 5.56 Å². The zero-order valence-electron chi connectivity index (χ0n) is 12.3. The molecule has 0 saturated heterocycles. The molecular weight excluding hydrogens is 293 g/mol. The monoisotopic (exact) mass is 307 g/mol. The topological polar surface area (TPSA) is 50.4 Å². The average Bonchev–Trinajstić information content (AvgIpc) is 3.28. The first-order valence-electron chi connectivity index (χ1n) is 7.41. The molecule has 4 rings (SSSR count). The summed E-state index contributed by atoms with van der Waals surface area (Å²) in [7, 11) is 0. The van der Waals surface area contributed by atoms with Gasteiger partial charge in [0.2, 0.25) is 0 Å². The number of benzene rings is 2. The fraction of sp³-hybridized carbons (Fsp3) is 0.111. The zero-order chi connectivity index (χ0) is 15.6. The van der Waals surface area contributed by atoms with E-state index in [1.54, 1.807) is 12.1 Å². The smallest absolute Gasteiger partial charge is 0.167 e. The predicted molar refractivity (Wildman–Crippen MR) is 86.7 cm³/mol. The molecule has 3 aromatic rings. The van der Waals surface area contributed by atoms with Crippen molar-refractivity contribution in [2.45, 2.75) is 0 Å². The largest absolute Gasteiger partial charge is 0.368 e. The predicted octanol–water partition coefficient (Wildman–Crippen LogP) is 3.50. The Labute approximate surface area is 132 Å². The first-order valence-corrected chi connectivity index (χ1v) is 7.41. The van der Waals surface area contributed by atoms with Crippen LogP contribution in [0.5, 0.6) is 0 Å². The molecule has 23 heavy (non-hydrogen) atoms. The van der Waals surface area contributed by atoms with Crippen molar-refractivity contribution >= 4 is 5.84 Å². The van der Waals surface area contributed by atoms with Gasteiger partial charge in [0, 0.05) is 29.3 Å². The number of aromatic nitrogens is 1. The Bertz CT molecular complexity index is 851. The van der Waals surface area contributed by atoms with Crippen molar-refractivity contribution < 1.29 is 8.91 Å². The van der Waals surface area contributed by atoms with E-state index in [0.29, 0.717) is 5.76 Å². The summed E-state index contributed by atoms with van der Waals surface area (Å²) in [4.78, 5) is 4.40. The highest BCUT2D eigenvalue weighted by Crippen LogP contribution is 2.26. The van der Waals surface area contributed by atoms with Gasteiger partial charge in [-0.3, -0.25) is 4.99 Å². The van der Waals surface area contributed by atoms with Crippen molar-refractivity contribution in [1.29, 1.82) is 0 Å². The maximum Gasteiger partial charge on any atom is 0.167 e. The maximum absolute atomic E-state index is 13.0. The molecule has 0 aliphatic carbocycles. The molecule has 1 aliphatic heterocycles. The zero-order valence-corrected chi connectivity index (χ0v) is 12.3. The summed E-state index contributed by atoms with van der Waals surface area (Å²) in [5.41, 5.74) is 3.57. The van der Waals surface area contributed by atoms with E-state index >= 15 is 0 Å². The van der Waals surface area contributed by atoms with Gasteiger partial charge in [0.15, 0.2) is 5.76 Å². The molecule has 0 fully saturated rings. The molecule has 0 saturated carbocycles. The van der Waals surface area contributed by atoms with Gasteiger partial charge < -0.3 is 9.84 Å². The Morgan fingerprint density at radius 1 is 0.913 bits per heavy atom. The number of hydrogen-bond donors (Lipinski definition) is 1. The molecule has 0 amide bonds. The van der Waals surface area contributed by atoms with Crippen LogP contribution in [0.3, 0.4) is 0 Å². The summed E-state index contributed by atoms with van der Waals surface area (Å²) in [6.07, 6.45) is 0. The molecule has 1 N–H and O–H groups in total. The number of aliphatic imine (C=N–C) groups is 1. The minimum Gasteiger partial charge on any atom is -0.368 e. The lowest BCUT2D eigenvalue weighted by Crippen LogP contribution is -2.19. The molecule has 1 aliphatic rings. The van der Waals surface area contributed by atoms with Crippen LogP contribution < -0.4 is 5.32 Å². The third kappa shape index (κ3) is 2.73. The molecule has 1 aromatic heterocycles. The van der Waals surface area contributed by atoms with Crippen molar-refractivity contribution in [2.24, 2.45) is 4.99 Å². The fourth-order valence-corrected chi connectivity index (χ4v) is 2.55. The van der Waals surface area contributed by atoms with Crippen molar-refractivity contribution in [3.63, 3.8) is 0 Å². The Morgan fingerprint density at radius 3 is 2.30 bits per heavy atom. The molecule has 5 heteroatoms. The molecule has 0 radical (unpaired) electrons. The highest BCUT2D eigenvalue weighted by molar-refractivity contribution is 6.00. The lowest BCUT2D eigenvalue weighted by Gasteiger charge is -2.02. The van der Waals surface area contributed by atoms with Gasteiger partial charge in [-0.15, -0.1) is 0 Å². The highest BCUT2D eigenvalue weighted by Gasteiger charge is 2.11. The van der Waals surface area contributed by atoms with Crippen LogP contribution in [-0.4, -0.2) is 24.1 Å². The van der Waals surface area contributed by atoms with Crippen LogP contribution in [-0.2, 0) is 0 Å². The molecular formula is C18H14FN3O. The molecule has 0 spiro atoms. The van der Waals surface area contributed by atoms with E-state index in [0.717, 1.165) is 41.3 Å². The van der Waals surface area contributed by atoms with Gasteiger partial charge in [-0.25, -0.2) is 4.39 Å². The molecule has 114 valence electrons. The fourth-order valence-electron chi connectivity index (χ4n) is 2.55. The van der Waals surface area contributed by atoms with Gasteiger partial charge >= 0.3 is 0 Å². The molecule has 2 aromatic carbocycles. The highest BCUT2D eigenvalue weighted by atomic mass is 19.1. The Morgan fingerprint density at radius 2 is 1.61 bits per heavy atom. The molecule has 0 unspecified atom stereocenters. The number of hydrogen-bond acceptors (Lipinski definition) is 4. The standard InChI is InChI=1S/C18H14FN3O/c19-15-7-5-13(6-8-15)17-11-16(22-23-17)12-1-3-14(4-2-12)18-20-9-10-21-18/h1-8,11H,9-10H2,(H,20,21). The van der Waals surface area contributed by atoms with Crippen LogP contribution in [0.4, 0.5) is 4.39 Å². The second-order valence-corrected chi connectivity index (χ2v) is 5.32. The Kier molecular flexibility index (Phi) is 3.38. The average molecular weight is 307 g/mol. The quantitative estimate of drug-likeness (QED) is 0.805. The first kappa shape index (κ1) is 13.7. The lowest BCUT2D eigenvalue weighted by atomic mass is 10.1. The third-order valence-electron chi connectivity index (χ3n) is 3.77. The molecule has 0 atom stereocenters. The SMILES string of the molecule is Fc1ccc(-c2cc(-c3ccc(C4=NCCN4)cc3)no2)cc1. The minimum absolute atomic E-state index is 0.271. The van der Waals surface area contributed by atoms with Gasteiger partial charge in [0.25, 0.3) is 0 Å². The van der Waals surface area contributed by atoms with Crippen LogP contribution in [0.15, 0.2) is 64.1 Å². The second-order valence-electron chi connectivity index (χ2n) is 5.32. The number of halogens is 1. The van der Waals surface area contributed by atoms with Crippen LogP contribution >= 0.6 is 0 Å². The van der Waals surface area contributed by atoms with Crippen molar-refractivity contribution in [2.75, 3.05) is 13.1 Å². The summed E-state index contributed by atoms with van der Waals surface area (Å²) in [5, 5.41) is 7.35. The van der Waals surface area contributed by atoms with Crippen molar-refractivity contribution in [3.8, 4) is 22.6 Å². The molecule has 2 heterocycles. The first-order chi connectivity index (χ1) is 11.3.